The fraction of sp³-hybridized carbons (Fsp3) is 0. The molecule has 1 aromatic carbocycles. The Hall–Kier alpha value is -0.910. The average molecular weight is 386 g/mol. The number of carboxylic acids is 1. The molecule has 0 bridgehead atoms. The summed E-state index contributed by atoms with van der Waals surface area (Å²) in [4.78, 5) is 15.2. The van der Waals surface area contributed by atoms with E-state index in [2.05, 4.69) is 4.98 Å². The average Bonchev–Trinajstić information content (AvgIpc) is 2.44. The molecule has 0 atom stereocenters. The molecule has 3 N–H and O–H groups in total. The summed E-state index contributed by atoms with van der Waals surface area (Å²) < 4.78 is 0. The predicted octanol–water partition coefficient (Wildman–Crippen LogP) is 5.30. The summed E-state index contributed by atoms with van der Waals surface area (Å²) in [5.74, 6) is -1.19. The summed E-state index contributed by atoms with van der Waals surface area (Å²) in [7, 11) is 0. The molecule has 110 valence electrons. The van der Waals surface area contributed by atoms with Gasteiger partial charge in [0.25, 0.3) is 0 Å². The predicted molar refractivity (Wildman–Crippen MR) is 86.1 cm³/mol. The largest absolute Gasteiger partial charge is 0.478 e. The number of aromatic nitrogens is 1. The number of carboxylic acid groups (broad SMARTS) is 1. The second kappa shape index (κ2) is 6.07. The summed E-state index contributed by atoms with van der Waals surface area (Å²) >= 11 is 30.1. The highest BCUT2D eigenvalue weighted by molar-refractivity contribution is 6.56. The topological polar surface area (TPSA) is 76.2 Å². The van der Waals surface area contributed by atoms with Gasteiger partial charge in [-0.05, 0) is 6.07 Å². The number of nitrogens with two attached hydrogens (primary N) is 1. The number of rotatable bonds is 2. The first kappa shape index (κ1) is 16.5. The van der Waals surface area contributed by atoms with Gasteiger partial charge in [0.15, 0.2) is 0 Å². The van der Waals surface area contributed by atoms with E-state index in [0.29, 0.717) is 0 Å². The van der Waals surface area contributed by atoms with Crippen LogP contribution in [0.3, 0.4) is 0 Å². The lowest BCUT2D eigenvalue weighted by Crippen LogP contribution is -2.03. The molecule has 0 radical (unpaired) electrons. The molecule has 0 aliphatic heterocycles. The summed E-state index contributed by atoms with van der Waals surface area (Å²) in [5.41, 5.74) is 5.61. The van der Waals surface area contributed by atoms with E-state index in [0.717, 1.165) is 0 Å². The Bertz CT molecular complexity index is 735. The van der Waals surface area contributed by atoms with Crippen molar-refractivity contribution in [1.82, 2.24) is 4.98 Å². The van der Waals surface area contributed by atoms with Crippen LogP contribution in [0.15, 0.2) is 12.3 Å². The lowest BCUT2D eigenvalue weighted by atomic mass is 10.0. The van der Waals surface area contributed by atoms with Gasteiger partial charge in [0.1, 0.15) is 5.82 Å². The van der Waals surface area contributed by atoms with E-state index in [1.165, 1.54) is 12.3 Å². The molecule has 9 heteroatoms. The van der Waals surface area contributed by atoms with E-state index in [-0.39, 0.29) is 47.6 Å². The minimum Gasteiger partial charge on any atom is -0.478 e. The molecule has 0 aliphatic carbocycles. The quantitative estimate of drug-likeness (QED) is 0.543. The monoisotopic (exact) mass is 384 g/mol. The third kappa shape index (κ3) is 2.87. The number of halogens is 5. The first-order valence-corrected chi connectivity index (χ1v) is 7.15. The van der Waals surface area contributed by atoms with Crippen molar-refractivity contribution in [3.05, 3.63) is 42.9 Å². The Kier molecular flexibility index (Phi) is 4.76. The number of anilines is 1. The molecule has 1 aromatic heterocycles. The lowest BCUT2D eigenvalue weighted by Gasteiger charge is -2.14. The van der Waals surface area contributed by atoms with Crippen LogP contribution < -0.4 is 5.73 Å². The number of nitrogens with zero attached hydrogens (tertiary/aromatic N) is 1. The minimum atomic E-state index is -1.23. The van der Waals surface area contributed by atoms with Crippen LogP contribution in [-0.2, 0) is 0 Å². The molecule has 0 spiro atoms. The number of nitrogen functional groups attached to an aromatic ring is 1. The second-order valence-corrected chi connectivity index (χ2v) is 5.79. The van der Waals surface area contributed by atoms with E-state index in [1.54, 1.807) is 0 Å². The molecule has 0 fully saturated rings. The Morgan fingerprint density at radius 3 is 1.95 bits per heavy atom. The zero-order valence-electron chi connectivity index (χ0n) is 9.92. The molecule has 0 saturated carbocycles. The van der Waals surface area contributed by atoms with Gasteiger partial charge in [-0.1, -0.05) is 58.0 Å². The minimum absolute atomic E-state index is 0.0163. The fourth-order valence-electron chi connectivity index (χ4n) is 1.69. The van der Waals surface area contributed by atoms with Crippen LogP contribution in [0.4, 0.5) is 5.82 Å². The number of carbonyl (C=O) groups is 1. The molecule has 0 aliphatic rings. The van der Waals surface area contributed by atoms with Gasteiger partial charge in [-0.2, -0.15) is 0 Å². The van der Waals surface area contributed by atoms with Gasteiger partial charge < -0.3 is 10.8 Å². The Morgan fingerprint density at radius 2 is 1.48 bits per heavy atom. The van der Waals surface area contributed by atoms with Crippen LogP contribution in [0, 0.1) is 0 Å². The molecule has 0 amide bonds. The fourth-order valence-corrected chi connectivity index (χ4v) is 3.03. The van der Waals surface area contributed by atoms with Gasteiger partial charge in [-0.25, -0.2) is 9.78 Å². The Morgan fingerprint density at radius 1 is 1.00 bits per heavy atom. The second-order valence-electron chi connectivity index (χ2n) is 3.90. The first-order valence-electron chi connectivity index (χ1n) is 5.26. The molecular formula is C12H5Cl5N2O2. The van der Waals surface area contributed by atoms with Crippen LogP contribution in [0.1, 0.15) is 10.4 Å². The molecule has 1 heterocycles. The summed E-state index contributed by atoms with van der Waals surface area (Å²) in [5, 5.41) is 9.14. The van der Waals surface area contributed by atoms with Crippen molar-refractivity contribution in [2.45, 2.75) is 0 Å². The molecule has 4 nitrogen and oxygen atoms in total. The SMILES string of the molecule is Nc1cc(C(=O)O)c(-c2c(Cl)c(Cl)c(Cl)c(Cl)c2Cl)cn1. The zero-order chi connectivity index (χ0) is 15.9. The van der Waals surface area contributed by atoms with Gasteiger partial charge in [-0.3, -0.25) is 0 Å². The number of pyridine rings is 1. The van der Waals surface area contributed by atoms with Gasteiger partial charge in [0, 0.05) is 17.3 Å². The number of benzene rings is 1. The lowest BCUT2D eigenvalue weighted by molar-refractivity contribution is 0.0697. The highest BCUT2D eigenvalue weighted by Gasteiger charge is 2.24. The van der Waals surface area contributed by atoms with Gasteiger partial charge in [0.2, 0.25) is 0 Å². The van der Waals surface area contributed by atoms with Crippen LogP contribution >= 0.6 is 58.0 Å². The van der Waals surface area contributed by atoms with Crippen molar-refractivity contribution >= 4 is 69.8 Å². The van der Waals surface area contributed by atoms with Crippen molar-refractivity contribution in [3.63, 3.8) is 0 Å². The van der Waals surface area contributed by atoms with Crippen molar-refractivity contribution in [1.29, 1.82) is 0 Å². The third-order valence-corrected chi connectivity index (χ3v) is 4.91. The maximum Gasteiger partial charge on any atom is 0.336 e. The Balaban J connectivity index is 2.89. The highest BCUT2D eigenvalue weighted by atomic mass is 35.5. The molecule has 0 unspecified atom stereocenters. The van der Waals surface area contributed by atoms with E-state index in [1.807, 2.05) is 0 Å². The van der Waals surface area contributed by atoms with Crippen molar-refractivity contribution in [2.24, 2.45) is 0 Å². The van der Waals surface area contributed by atoms with Crippen molar-refractivity contribution < 1.29 is 9.90 Å². The number of hydrogen-bond donors (Lipinski definition) is 2. The molecule has 21 heavy (non-hydrogen) atoms. The van der Waals surface area contributed by atoms with Gasteiger partial charge in [-0.15, -0.1) is 0 Å². The smallest absolute Gasteiger partial charge is 0.336 e. The Labute approximate surface area is 144 Å². The third-order valence-electron chi connectivity index (χ3n) is 2.63. The van der Waals surface area contributed by atoms with E-state index >= 15 is 0 Å². The zero-order valence-corrected chi connectivity index (χ0v) is 13.7. The summed E-state index contributed by atoms with van der Waals surface area (Å²) in [6.07, 6.45) is 1.23. The molecule has 2 aromatic rings. The summed E-state index contributed by atoms with van der Waals surface area (Å²) in [6.45, 7) is 0. The molecule has 0 saturated heterocycles. The van der Waals surface area contributed by atoms with E-state index < -0.39 is 5.97 Å². The van der Waals surface area contributed by atoms with Gasteiger partial charge >= 0.3 is 5.97 Å². The van der Waals surface area contributed by atoms with Crippen LogP contribution in [0.2, 0.25) is 25.1 Å². The van der Waals surface area contributed by atoms with Crippen molar-refractivity contribution in [2.75, 3.05) is 5.73 Å². The highest BCUT2D eigenvalue weighted by Crippen LogP contribution is 2.48. The van der Waals surface area contributed by atoms with Crippen LogP contribution in [0.25, 0.3) is 11.1 Å². The summed E-state index contributed by atoms with van der Waals surface area (Å²) in [6, 6.07) is 1.18. The van der Waals surface area contributed by atoms with E-state index in [4.69, 9.17) is 63.7 Å². The maximum atomic E-state index is 11.3. The van der Waals surface area contributed by atoms with Crippen LogP contribution in [-0.4, -0.2) is 16.1 Å². The number of hydrogen-bond acceptors (Lipinski definition) is 3. The molecular weight excluding hydrogens is 381 g/mol. The van der Waals surface area contributed by atoms with E-state index in [9.17, 15) is 9.90 Å². The van der Waals surface area contributed by atoms with Gasteiger partial charge in [0.05, 0.1) is 30.7 Å². The molecule has 2 rings (SSSR count). The van der Waals surface area contributed by atoms with Crippen molar-refractivity contribution in [3.8, 4) is 11.1 Å². The standard InChI is InChI=1S/C12H5Cl5N2O2/c13-7-6(8(14)10(16)11(17)9(7)15)4-2-19-5(18)1-3(4)12(20)21/h1-2H,(H2,18,19)(H,20,21). The maximum absolute atomic E-state index is 11.3. The van der Waals surface area contributed by atoms with Crippen LogP contribution in [0.5, 0.6) is 0 Å². The normalized spacial score (nSPS) is 10.7. The first-order chi connectivity index (χ1) is 9.75. The number of aromatic carboxylic acids is 1.